The van der Waals surface area contributed by atoms with E-state index in [1.54, 1.807) is 48.5 Å². The standard InChI is InChI=1S/C26H19BrN2O5S/c27-20-8-4-7-19(13-20)22-16-35-26(28-22)29-23(30)14-34-24(31)15-33-21-11-9-18(10-12-21)25(32)17-5-2-1-3-6-17/h1-13,16H,14-15H2,(H,28,29,30). The smallest absolute Gasteiger partial charge is 0.344 e. The molecule has 176 valence electrons. The summed E-state index contributed by atoms with van der Waals surface area (Å²) in [6, 6.07) is 23.0. The van der Waals surface area contributed by atoms with Crippen molar-refractivity contribution >= 4 is 50.1 Å². The van der Waals surface area contributed by atoms with Crippen LogP contribution in [0.2, 0.25) is 0 Å². The maximum Gasteiger partial charge on any atom is 0.344 e. The summed E-state index contributed by atoms with van der Waals surface area (Å²) in [5.41, 5.74) is 2.74. The number of benzene rings is 3. The Morgan fingerprint density at radius 2 is 1.63 bits per heavy atom. The number of thiazole rings is 1. The number of rotatable bonds is 9. The van der Waals surface area contributed by atoms with Crippen molar-refractivity contribution in [2.45, 2.75) is 0 Å². The molecule has 0 fully saturated rings. The lowest BCUT2D eigenvalue weighted by atomic mass is 10.0. The summed E-state index contributed by atoms with van der Waals surface area (Å²) in [5, 5.41) is 4.85. The van der Waals surface area contributed by atoms with Gasteiger partial charge in [-0.05, 0) is 36.4 Å². The van der Waals surface area contributed by atoms with Crippen molar-refractivity contribution in [1.29, 1.82) is 0 Å². The summed E-state index contributed by atoms with van der Waals surface area (Å²) in [7, 11) is 0. The molecule has 0 bridgehead atoms. The van der Waals surface area contributed by atoms with Crippen LogP contribution in [0.4, 0.5) is 5.13 Å². The highest BCUT2D eigenvalue weighted by atomic mass is 79.9. The summed E-state index contributed by atoms with van der Waals surface area (Å²) in [6.07, 6.45) is 0. The highest BCUT2D eigenvalue weighted by Gasteiger charge is 2.13. The van der Waals surface area contributed by atoms with Crippen molar-refractivity contribution in [3.05, 3.63) is 99.8 Å². The first-order valence-corrected chi connectivity index (χ1v) is 12.1. The molecule has 0 aliphatic carbocycles. The Kier molecular flexibility index (Phi) is 8.02. The number of hydrogen-bond donors (Lipinski definition) is 1. The van der Waals surface area contributed by atoms with E-state index in [1.165, 1.54) is 11.3 Å². The molecule has 1 amide bonds. The molecule has 35 heavy (non-hydrogen) atoms. The maximum atomic E-state index is 12.4. The third-order valence-corrected chi connectivity index (χ3v) is 6.00. The van der Waals surface area contributed by atoms with Gasteiger partial charge in [-0.2, -0.15) is 0 Å². The summed E-state index contributed by atoms with van der Waals surface area (Å²) < 4.78 is 11.3. The first-order chi connectivity index (χ1) is 17.0. The predicted octanol–water partition coefficient (Wildman–Crippen LogP) is 5.36. The van der Waals surface area contributed by atoms with Crippen molar-refractivity contribution in [3.63, 3.8) is 0 Å². The van der Waals surface area contributed by atoms with E-state index in [-0.39, 0.29) is 12.4 Å². The average molecular weight is 551 g/mol. The number of halogens is 1. The number of amides is 1. The van der Waals surface area contributed by atoms with Crippen LogP contribution in [0.1, 0.15) is 15.9 Å². The topological polar surface area (TPSA) is 94.6 Å². The zero-order valence-electron chi connectivity index (χ0n) is 18.3. The number of carbonyl (C=O) groups excluding carboxylic acids is 3. The Morgan fingerprint density at radius 3 is 2.37 bits per heavy atom. The molecule has 0 radical (unpaired) electrons. The van der Waals surface area contributed by atoms with Gasteiger partial charge in [-0.3, -0.25) is 14.9 Å². The molecule has 7 nitrogen and oxygen atoms in total. The lowest BCUT2D eigenvalue weighted by Crippen LogP contribution is -2.23. The van der Waals surface area contributed by atoms with Gasteiger partial charge in [0.05, 0.1) is 5.69 Å². The molecule has 1 heterocycles. The van der Waals surface area contributed by atoms with Crippen molar-refractivity contribution in [3.8, 4) is 17.0 Å². The lowest BCUT2D eigenvalue weighted by Gasteiger charge is -2.08. The van der Waals surface area contributed by atoms with Gasteiger partial charge in [0.2, 0.25) is 0 Å². The quantitative estimate of drug-likeness (QED) is 0.222. The maximum absolute atomic E-state index is 12.4. The average Bonchev–Trinajstić information content (AvgIpc) is 3.35. The zero-order valence-corrected chi connectivity index (χ0v) is 20.7. The molecule has 0 aliphatic heterocycles. The molecule has 4 rings (SSSR count). The van der Waals surface area contributed by atoms with Crippen LogP contribution in [0.3, 0.4) is 0 Å². The van der Waals surface area contributed by atoms with Gasteiger partial charge in [0.15, 0.2) is 24.1 Å². The van der Waals surface area contributed by atoms with Crippen LogP contribution in [0, 0.1) is 0 Å². The van der Waals surface area contributed by atoms with Crippen LogP contribution in [-0.2, 0) is 14.3 Å². The molecule has 1 N–H and O–H groups in total. The summed E-state index contributed by atoms with van der Waals surface area (Å²) in [6.45, 7) is -0.831. The van der Waals surface area contributed by atoms with Crippen molar-refractivity contribution in [2.75, 3.05) is 18.5 Å². The molecular weight excluding hydrogens is 532 g/mol. The van der Waals surface area contributed by atoms with Gasteiger partial charge >= 0.3 is 5.97 Å². The molecule has 0 aliphatic rings. The fourth-order valence-corrected chi connectivity index (χ4v) is 4.19. The van der Waals surface area contributed by atoms with Gasteiger partial charge in [-0.15, -0.1) is 11.3 Å². The van der Waals surface area contributed by atoms with E-state index < -0.39 is 18.5 Å². The van der Waals surface area contributed by atoms with Crippen LogP contribution >= 0.6 is 27.3 Å². The number of aromatic nitrogens is 1. The monoisotopic (exact) mass is 550 g/mol. The van der Waals surface area contributed by atoms with E-state index >= 15 is 0 Å². The van der Waals surface area contributed by atoms with E-state index in [0.717, 1.165) is 15.7 Å². The summed E-state index contributed by atoms with van der Waals surface area (Å²) >= 11 is 4.69. The molecule has 0 saturated heterocycles. The van der Waals surface area contributed by atoms with Gasteiger partial charge < -0.3 is 9.47 Å². The van der Waals surface area contributed by atoms with E-state index in [9.17, 15) is 14.4 Å². The molecule has 0 unspecified atom stereocenters. The van der Waals surface area contributed by atoms with Gasteiger partial charge in [0, 0.05) is 26.5 Å². The number of ether oxygens (including phenoxy) is 2. The Labute approximate surface area is 213 Å². The number of nitrogens with one attached hydrogen (secondary N) is 1. The SMILES string of the molecule is O=C(COC(=O)COc1ccc(C(=O)c2ccccc2)cc1)Nc1nc(-c2cccc(Br)c2)cs1. The number of hydrogen-bond acceptors (Lipinski definition) is 7. The number of anilines is 1. The summed E-state index contributed by atoms with van der Waals surface area (Å²) in [5.74, 6) is -0.902. The van der Waals surface area contributed by atoms with Crippen molar-refractivity contribution in [2.24, 2.45) is 0 Å². The van der Waals surface area contributed by atoms with Gasteiger partial charge in [0.1, 0.15) is 5.75 Å². The second-order valence-electron chi connectivity index (χ2n) is 7.27. The van der Waals surface area contributed by atoms with E-state index in [0.29, 0.717) is 22.0 Å². The third kappa shape index (κ3) is 6.84. The molecule has 1 aromatic heterocycles. The van der Waals surface area contributed by atoms with E-state index in [4.69, 9.17) is 9.47 Å². The van der Waals surface area contributed by atoms with Gasteiger partial charge in [0.25, 0.3) is 5.91 Å². The minimum Gasteiger partial charge on any atom is -0.482 e. The van der Waals surface area contributed by atoms with Crippen LogP contribution in [0.25, 0.3) is 11.3 Å². The first kappa shape index (κ1) is 24.3. The number of ketones is 1. The summed E-state index contributed by atoms with van der Waals surface area (Å²) in [4.78, 5) is 40.9. The van der Waals surface area contributed by atoms with Crippen LogP contribution in [-0.4, -0.2) is 35.9 Å². The fraction of sp³-hybridized carbons (Fsp3) is 0.0769. The zero-order chi connectivity index (χ0) is 24.6. The Bertz CT molecular complexity index is 1340. The van der Waals surface area contributed by atoms with Gasteiger partial charge in [-0.1, -0.05) is 58.4 Å². The Hall–Kier alpha value is -3.82. The normalized spacial score (nSPS) is 10.4. The van der Waals surface area contributed by atoms with Crippen LogP contribution < -0.4 is 10.1 Å². The number of esters is 1. The predicted molar refractivity (Wildman–Crippen MR) is 137 cm³/mol. The molecule has 9 heteroatoms. The highest BCUT2D eigenvalue weighted by Crippen LogP contribution is 2.26. The molecule has 3 aromatic carbocycles. The largest absolute Gasteiger partial charge is 0.482 e. The van der Waals surface area contributed by atoms with Crippen molar-refractivity contribution < 1.29 is 23.9 Å². The second-order valence-corrected chi connectivity index (χ2v) is 9.04. The Morgan fingerprint density at radius 1 is 0.886 bits per heavy atom. The first-order valence-electron chi connectivity index (χ1n) is 10.5. The minimum atomic E-state index is -0.696. The van der Waals surface area contributed by atoms with Gasteiger partial charge in [-0.25, -0.2) is 9.78 Å². The molecular formula is C26H19BrN2O5S. The molecule has 0 spiro atoms. The third-order valence-electron chi connectivity index (χ3n) is 4.74. The number of carbonyl (C=O) groups is 3. The second kappa shape index (κ2) is 11.5. The minimum absolute atomic E-state index is 0.105. The molecule has 4 aromatic rings. The molecule has 0 saturated carbocycles. The lowest BCUT2D eigenvalue weighted by molar-refractivity contribution is -0.149. The van der Waals surface area contributed by atoms with E-state index in [1.807, 2.05) is 35.7 Å². The van der Waals surface area contributed by atoms with Crippen molar-refractivity contribution in [1.82, 2.24) is 4.98 Å². The van der Waals surface area contributed by atoms with E-state index in [2.05, 4.69) is 26.2 Å². The fourth-order valence-electron chi connectivity index (χ4n) is 3.06. The Balaban J connectivity index is 1.21. The highest BCUT2D eigenvalue weighted by molar-refractivity contribution is 9.10. The molecule has 0 atom stereocenters. The number of nitrogens with zero attached hydrogens (tertiary/aromatic N) is 1. The van der Waals surface area contributed by atoms with Crippen LogP contribution in [0.15, 0.2) is 88.7 Å². The van der Waals surface area contributed by atoms with Crippen LogP contribution in [0.5, 0.6) is 5.75 Å².